The van der Waals surface area contributed by atoms with E-state index in [0.717, 1.165) is 24.2 Å². The van der Waals surface area contributed by atoms with Gasteiger partial charge in [0, 0.05) is 11.5 Å². The molecule has 0 aliphatic heterocycles. The summed E-state index contributed by atoms with van der Waals surface area (Å²) in [5.41, 5.74) is 1.15. The molecule has 0 fully saturated rings. The molecule has 1 rings (SSSR count). The molecule has 1 aliphatic rings. The van der Waals surface area contributed by atoms with Gasteiger partial charge >= 0.3 is 8.03 Å². The van der Waals surface area contributed by atoms with Gasteiger partial charge in [0.25, 0.3) is 9.04 Å². The van der Waals surface area contributed by atoms with Gasteiger partial charge < -0.3 is 9.32 Å². The Labute approximate surface area is 107 Å². The van der Waals surface area contributed by atoms with E-state index in [-0.39, 0.29) is 11.6 Å². The van der Waals surface area contributed by atoms with Crippen molar-refractivity contribution in [2.75, 3.05) is 6.16 Å². The molecule has 0 aromatic carbocycles. The van der Waals surface area contributed by atoms with Crippen molar-refractivity contribution in [2.24, 2.45) is 11.3 Å². The largest absolute Gasteiger partial charge is 0.595 e. The maximum atomic E-state index is 10.9. The van der Waals surface area contributed by atoms with Crippen LogP contribution in [0.3, 0.4) is 0 Å². The summed E-state index contributed by atoms with van der Waals surface area (Å²) < 4.78 is 16.9. The second kappa shape index (κ2) is 5.64. The molecule has 2 atom stereocenters. The summed E-state index contributed by atoms with van der Waals surface area (Å²) in [6.07, 6.45) is 2.06. The van der Waals surface area contributed by atoms with Crippen LogP contribution in [0.25, 0.3) is 0 Å². The van der Waals surface area contributed by atoms with Crippen molar-refractivity contribution in [3.63, 3.8) is 0 Å². The van der Waals surface area contributed by atoms with Gasteiger partial charge in [-0.1, -0.05) is 25.3 Å². The van der Waals surface area contributed by atoms with Gasteiger partial charge in [-0.25, -0.2) is 0 Å². The molecule has 5 heteroatoms. The van der Waals surface area contributed by atoms with E-state index < -0.39 is 17.1 Å². The van der Waals surface area contributed by atoms with Crippen LogP contribution in [-0.2, 0) is 8.99 Å². The zero-order valence-corrected chi connectivity index (χ0v) is 13.3. The fourth-order valence-corrected chi connectivity index (χ4v) is 3.67. The zero-order chi connectivity index (χ0) is 13.2. The highest BCUT2D eigenvalue weighted by Gasteiger charge is 2.37. The van der Waals surface area contributed by atoms with Crippen molar-refractivity contribution in [3.8, 4) is 0 Å². The minimum absolute atomic E-state index is 0.142. The van der Waals surface area contributed by atoms with Gasteiger partial charge in [-0.3, -0.25) is 0 Å². The Balaban J connectivity index is 2.96. The number of hydrogen-bond acceptors (Lipinski definition) is 3. The van der Waals surface area contributed by atoms with Crippen molar-refractivity contribution >= 4 is 17.1 Å². The predicted molar refractivity (Wildman–Crippen MR) is 70.2 cm³/mol. The van der Waals surface area contributed by atoms with Crippen LogP contribution in [-0.4, -0.2) is 15.2 Å². The van der Waals surface area contributed by atoms with E-state index >= 15 is 0 Å². The number of allylic oxidation sites excluding steroid dienone is 2. The van der Waals surface area contributed by atoms with Gasteiger partial charge in [0.2, 0.25) is 0 Å². The first-order valence-electron chi connectivity index (χ1n) is 6.03. The maximum Gasteiger partial charge on any atom is 0.313 e. The van der Waals surface area contributed by atoms with E-state index in [2.05, 4.69) is 33.9 Å². The molecule has 97 valence electrons. The Morgan fingerprint density at radius 3 is 2.47 bits per heavy atom. The van der Waals surface area contributed by atoms with Crippen molar-refractivity contribution in [1.82, 2.24) is 0 Å². The molecule has 2 unspecified atom stereocenters. The molecule has 0 bridgehead atoms. The van der Waals surface area contributed by atoms with E-state index in [9.17, 15) is 9.46 Å². The van der Waals surface area contributed by atoms with Crippen molar-refractivity contribution in [1.29, 1.82) is 0 Å². The summed E-state index contributed by atoms with van der Waals surface area (Å²) in [6, 6.07) is 0. The third kappa shape index (κ3) is 4.20. The monoisotopic (exact) mass is 273 g/mol. The van der Waals surface area contributed by atoms with E-state index in [1.165, 1.54) is 0 Å². The summed E-state index contributed by atoms with van der Waals surface area (Å²) >= 11 is 0. The molecule has 0 aromatic heterocycles. The molecule has 0 saturated heterocycles. The van der Waals surface area contributed by atoms with Crippen LogP contribution >= 0.6 is 8.03 Å². The average molecular weight is 273 g/mol. The van der Waals surface area contributed by atoms with E-state index in [0.29, 0.717) is 5.92 Å². The summed E-state index contributed by atoms with van der Waals surface area (Å²) in [7, 11) is -3.18. The molecule has 17 heavy (non-hydrogen) atoms. The first-order valence-corrected chi connectivity index (χ1v) is 9.80. The molecule has 0 aromatic rings. The van der Waals surface area contributed by atoms with Crippen molar-refractivity contribution < 1.29 is 13.9 Å². The lowest BCUT2D eigenvalue weighted by Crippen LogP contribution is -2.24. The molecule has 1 aliphatic carbocycles. The van der Waals surface area contributed by atoms with Crippen LogP contribution < -0.4 is 4.89 Å². The molecule has 0 saturated carbocycles. The summed E-state index contributed by atoms with van der Waals surface area (Å²) in [5.74, 6) is 1.35. The lowest BCUT2D eigenvalue weighted by Gasteiger charge is -2.30. The first kappa shape index (κ1) is 14.9. The highest BCUT2D eigenvalue weighted by atomic mass is 31.1. The maximum absolute atomic E-state index is 10.9. The van der Waals surface area contributed by atoms with E-state index in [4.69, 9.17) is 4.43 Å². The van der Waals surface area contributed by atoms with Gasteiger partial charge in [0.15, 0.2) is 6.16 Å². The molecular weight excluding hydrogens is 251 g/mol. The van der Waals surface area contributed by atoms with Crippen LogP contribution in [0, 0.1) is 11.3 Å². The van der Waals surface area contributed by atoms with E-state index in [1.54, 1.807) is 0 Å². The zero-order valence-electron chi connectivity index (χ0n) is 11.4. The normalized spacial score (nSPS) is 22.3. The fourth-order valence-electron chi connectivity index (χ4n) is 2.32. The molecule has 0 spiro atoms. The standard InChI is InChI=1S/C12H22O3PSi/c1-12(2,3)10-7-6-9(8-16(13)14)11(10)15-17(4)5/h10H,6-8H2,1-5H3. The lowest BCUT2D eigenvalue weighted by molar-refractivity contribution is -0.163. The molecule has 3 nitrogen and oxygen atoms in total. The predicted octanol–water partition coefficient (Wildman–Crippen LogP) is 3.07. The van der Waals surface area contributed by atoms with Gasteiger partial charge in [0.1, 0.15) is 0 Å². The molecule has 1 radical (unpaired) electrons. The molecule has 0 N–H and O–H groups in total. The third-order valence-electron chi connectivity index (χ3n) is 3.08. The fraction of sp³-hybridized carbons (Fsp3) is 0.833. The minimum atomic E-state index is -2.34. The number of hydrogen-bond donors (Lipinski definition) is 0. The second-order valence-electron chi connectivity index (χ2n) is 5.93. The SMILES string of the molecule is C[Si](C)OC1=C(C[P+](=O)[O-])CCC1C(C)(C)C. The van der Waals surface area contributed by atoms with E-state index in [1.807, 2.05) is 0 Å². The summed E-state index contributed by atoms with van der Waals surface area (Å²) in [4.78, 5) is 10.9. The summed E-state index contributed by atoms with van der Waals surface area (Å²) in [6.45, 7) is 10.8. The lowest BCUT2D eigenvalue weighted by atomic mass is 9.79. The highest BCUT2D eigenvalue weighted by molar-refractivity contribution is 7.36. The molecule has 0 amide bonds. The second-order valence-corrected chi connectivity index (χ2v) is 8.93. The van der Waals surface area contributed by atoms with Crippen LogP contribution in [0.5, 0.6) is 0 Å². The third-order valence-corrected chi connectivity index (χ3v) is 4.35. The number of rotatable bonds is 4. The van der Waals surface area contributed by atoms with Crippen LogP contribution in [0.2, 0.25) is 13.1 Å². The Hall–Kier alpha value is -0.183. The Morgan fingerprint density at radius 2 is 2.06 bits per heavy atom. The van der Waals surface area contributed by atoms with Gasteiger partial charge in [-0.2, -0.15) is 0 Å². The van der Waals surface area contributed by atoms with Crippen LogP contribution in [0.1, 0.15) is 33.6 Å². The van der Waals surface area contributed by atoms with Gasteiger partial charge in [0.05, 0.1) is 5.76 Å². The topological polar surface area (TPSA) is 49.4 Å². The smallest absolute Gasteiger partial charge is 0.313 e. The van der Waals surface area contributed by atoms with Crippen LogP contribution in [0.4, 0.5) is 0 Å². The molecular formula is C12H22O3PSi. The Kier molecular flexibility index (Phi) is 4.93. The average Bonchev–Trinajstić information content (AvgIpc) is 2.45. The Bertz CT molecular complexity index is 331. The van der Waals surface area contributed by atoms with Gasteiger partial charge in [-0.05, 0) is 31.4 Å². The molecule has 0 heterocycles. The van der Waals surface area contributed by atoms with Gasteiger partial charge in [-0.15, -0.1) is 0 Å². The van der Waals surface area contributed by atoms with Crippen molar-refractivity contribution in [3.05, 3.63) is 11.3 Å². The Morgan fingerprint density at radius 1 is 1.47 bits per heavy atom. The highest BCUT2D eigenvalue weighted by Crippen LogP contribution is 2.45. The van der Waals surface area contributed by atoms with Crippen molar-refractivity contribution in [2.45, 2.75) is 46.7 Å². The quantitative estimate of drug-likeness (QED) is 0.584. The first-order chi connectivity index (χ1) is 7.71. The summed E-state index contributed by atoms with van der Waals surface area (Å²) in [5, 5.41) is 0. The van der Waals surface area contributed by atoms with Crippen LogP contribution in [0.15, 0.2) is 11.3 Å². The minimum Gasteiger partial charge on any atom is -0.595 e.